The van der Waals surface area contributed by atoms with Crippen LogP contribution < -0.4 is 26.2 Å². The summed E-state index contributed by atoms with van der Waals surface area (Å²) >= 11 is 0. The average Bonchev–Trinajstić information content (AvgIpc) is 4.08. The molecule has 0 aromatic heterocycles. The fourth-order valence-corrected chi connectivity index (χ4v) is 9.47. The van der Waals surface area contributed by atoms with Crippen LogP contribution in [0.25, 0.3) is 0 Å². The Morgan fingerprint density at radius 1 is 0.723 bits per heavy atom. The lowest BCUT2D eigenvalue weighted by Crippen LogP contribution is -2.55. The first-order chi connectivity index (χ1) is 30.9. The van der Waals surface area contributed by atoms with Gasteiger partial charge >= 0.3 is 18.4 Å². The Balaban J connectivity index is 1.21. The van der Waals surface area contributed by atoms with E-state index in [1.807, 2.05) is 30.4 Å². The molecule has 4 N–H and O–H groups in total. The van der Waals surface area contributed by atoms with Gasteiger partial charge in [0.25, 0.3) is 0 Å². The van der Waals surface area contributed by atoms with Crippen molar-refractivity contribution in [3.63, 3.8) is 0 Å². The molecule has 3 saturated heterocycles. The molecule has 3 aliphatic heterocycles. The molecule has 2 aromatic carbocycles. The second kappa shape index (κ2) is 20.8. The molecule has 3 fully saturated rings. The van der Waals surface area contributed by atoms with E-state index in [0.717, 1.165) is 17.7 Å². The summed E-state index contributed by atoms with van der Waals surface area (Å²) in [6.45, 7) is 7.88. The number of methoxy groups -OCH3 is 2. The van der Waals surface area contributed by atoms with Gasteiger partial charge in [-0.25, -0.2) is 9.59 Å². The van der Waals surface area contributed by atoms with Gasteiger partial charge in [0.1, 0.15) is 24.2 Å². The fourth-order valence-electron chi connectivity index (χ4n) is 9.47. The predicted molar refractivity (Wildman–Crippen MR) is 236 cm³/mol. The molecule has 0 spiro atoms. The number of benzene rings is 2. The van der Waals surface area contributed by atoms with Crippen LogP contribution in [0.5, 0.6) is 0 Å². The fraction of sp³-hybridized carbons (Fsp3) is 0.532. The number of alkyl carbamates (subject to hydrolysis) is 2. The monoisotopic (exact) mass is 907 g/mol. The van der Waals surface area contributed by atoms with E-state index in [9.17, 15) is 41.9 Å². The van der Waals surface area contributed by atoms with Crippen molar-refractivity contribution >= 4 is 47.2 Å². The number of nitrogens with zero attached hydrogens (tertiary/aromatic N) is 3. The number of carbonyl (C=O) groups excluding carboxylic acids is 6. The van der Waals surface area contributed by atoms with E-state index in [1.54, 1.807) is 39.8 Å². The normalized spacial score (nSPS) is 22.9. The van der Waals surface area contributed by atoms with Crippen molar-refractivity contribution in [1.82, 2.24) is 25.8 Å². The number of alkyl halides is 3. The Morgan fingerprint density at radius 2 is 1.28 bits per heavy atom. The lowest BCUT2D eigenvalue weighted by Gasteiger charge is -2.37. The third-order valence-electron chi connectivity index (χ3n) is 12.8. The summed E-state index contributed by atoms with van der Waals surface area (Å²) in [5.41, 5.74) is 1.65. The molecule has 1 unspecified atom stereocenters. The van der Waals surface area contributed by atoms with E-state index in [4.69, 9.17) is 9.47 Å². The van der Waals surface area contributed by atoms with Crippen molar-refractivity contribution in [2.24, 2.45) is 17.8 Å². The van der Waals surface area contributed by atoms with Crippen LogP contribution in [0.3, 0.4) is 0 Å². The van der Waals surface area contributed by atoms with E-state index in [-0.39, 0.29) is 53.5 Å². The highest BCUT2D eigenvalue weighted by Crippen LogP contribution is 2.45. The third kappa shape index (κ3) is 11.2. The van der Waals surface area contributed by atoms with Crippen LogP contribution in [0.4, 0.5) is 34.1 Å². The van der Waals surface area contributed by atoms with Crippen molar-refractivity contribution in [3.8, 4) is 0 Å². The molecule has 3 heterocycles. The quantitative estimate of drug-likeness (QED) is 0.171. The Morgan fingerprint density at radius 3 is 1.80 bits per heavy atom. The molecule has 2 aromatic rings. The predicted octanol–water partition coefficient (Wildman–Crippen LogP) is 6.67. The van der Waals surface area contributed by atoms with Crippen molar-refractivity contribution in [2.45, 2.75) is 115 Å². The van der Waals surface area contributed by atoms with E-state index >= 15 is 0 Å². The molecule has 0 bridgehead atoms. The van der Waals surface area contributed by atoms with Gasteiger partial charge in [-0.1, -0.05) is 52.0 Å². The molecular formula is C47H60F3N7O8. The zero-order valence-electron chi connectivity index (χ0n) is 37.7. The minimum absolute atomic E-state index is 0.171. The summed E-state index contributed by atoms with van der Waals surface area (Å²) in [5.74, 6) is -2.19. The molecule has 0 saturated carbocycles. The number of amides is 6. The number of anilines is 2. The lowest BCUT2D eigenvalue weighted by atomic mass is 9.89. The first-order valence-corrected chi connectivity index (χ1v) is 22.3. The summed E-state index contributed by atoms with van der Waals surface area (Å²) in [5, 5.41) is 11.2. The first-order valence-electron chi connectivity index (χ1n) is 22.3. The summed E-state index contributed by atoms with van der Waals surface area (Å²) in [6, 6.07) is 8.57. The number of allylic oxidation sites excluding steroid dienone is 2. The van der Waals surface area contributed by atoms with E-state index < -0.39 is 48.1 Å². The summed E-state index contributed by atoms with van der Waals surface area (Å²) in [7, 11) is 2.43. The van der Waals surface area contributed by atoms with Gasteiger partial charge in [-0.2, -0.15) is 13.2 Å². The number of likely N-dealkylation sites (tertiary alicyclic amines) is 2. The Bertz CT molecular complexity index is 2140. The molecule has 1 aliphatic carbocycles. The van der Waals surface area contributed by atoms with Gasteiger partial charge in [0.05, 0.1) is 25.8 Å². The van der Waals surface area contributed by atoms with Crippen molar-refractivity contribution in [2.75, 3.05) is 37.5 Å². The molecule has 6 amide bonds. The van der Waals surface area contributed by atoms with Crippen LogP contribution in [0.1, 0.15) is 89.8 Å². The van der Waals surface area contributed by atoms with Crippen molar-refractivity contribution in [3.05, 3.63) is 83.6 Å². The molecule has 15 nitrogen and oxygen atoms in total. The van der Waals surface area contributed by atoms with Gasteiger partial charge in [-0.05, 0) is 105 Å². The highest BCUT2D eigenvalue weighted by atomic mass is 19.4. The number of ether oxygens (including phenoxy) is 2. The number of halogens is 3. The minimum atomic E-state index is -4.53. The zero-order valence-corrected chi connectivity index (χ0v) is 37.7. The van der Waals surface area contributed by atoms with Gasteiger partial charge < -0.3 is 45.4 Å². The third-order valence-corrected chi connectivity index (χ3v) is 12.8. The Labute approximate surface area is 377 Å². The van der Waals surface area contributed by atoms with Crippen LogP contribution in [-0.2, 0) is 34.8 Å². The van der Waals surface area contributed by atoms with Gasteiger partial charge in [-0.15, -0.1) is 0 Å². The maximum atomic E-state index is 13.9. The SMILES string of the molecule is COC(=O)N[C@H](C(=O)N1CCC[C@H]1C(=O)NC1=CC([C@@H]2CC[C@H](c3cccc(NC(=O)[C@@H]4CCCN4C(=O)[C@@H](NC(=O)OC)C(C)C)c3)N2c2ccc(C(F)(F)F)cc2)CC=C1)C(C)C. The van der Waals surface area contributed by atoms with Crippen LogP contribution in [0, 0.1) is 17.8 Å². The summed E-state index contributed by atoms with van der Waals surface area (Å²) in [4.78, 5) is 84.2. The van der Waals surface area contributed by atoms with E-state index in [0.29, 0.717) is 75.1 Å². The van der Waals surface area contributed by atoms with Crippen LogP contribution in [0.15, 0.2) is 72.5 Å². The molecule has 7 atom stereocenters. The standard InChI is InChI=1S/C47H60F3N7O8/c1-27(2)39(53-45(62)64-5)43(60)55-23-9-15-37(55)41(58)51-32-13-7-11-29(25-32)35-21-22-36(57(35)34-19-17-31(18-20-34)47(48,49)50)30-12-8-14-33(26-30)52-42(59)38-16-10-24-56(38)44(61)40(28(3)4)54-46(63)65-6/h7-8,11,13-14,17-20,25-28,30,35-40H,9-10,12,15-16,21-24H2,1-6H3,(H,51,58)(H,52,59)(H,53,62)(H,54,63)/t30?,35-,36+,37+,38+,39+,40+/m1/s1. The van der Waals surface area contributed by atoms with Gasteiger partial charge in [-0.3, -0.25) is 19.2 Å². The molecule has 352 valence electrons. The van der Waals surface area contributed by atoms with Crippen LogP contribution in [-0.4, -0.2) is 103 Å². The van der Waals surface area contributed by atoms with E-state index in [2.05, 4.69) is 26.2 Å². The summed E-state index contributed by atoms with van der Waals surface area (Å²) < 4.78 is 50.7. The molecular weight excluding hydrogens is 848 g/mol. The Hall–Kier alpha value is -6.07. The largest absolute Gasteiger partial charge is 0.453 e. The average molecular weight is 908 g/mol. The van der Waals surface area contributed by atoms with Crippen LogP contribution >= 0.6 is 0 Å². The highest BCUT2D eigenvalue weighted by molar-refractivity contribution is 5.99. The minimum Gasteiger partial charge on any atom is -0.453 e. The highest BCUT2D eigenvalue weighted by Gasteiger charge is 2.43. The second-order valence-corrected chi connectivity index (χ2v) is 17.7. The number of nitrogens with one attached hydrogen (secondary N) is 4. The number of hydrogen-bond acceptors (Lipinski definition) is 9. The lowest BCUT2D eigenvalue weighted by molar-refractivity contribution is -0.140. The van der Waals surface area contributed by atoms with Crippen molar-refractivity contribution in [1.29, 1.82) is 0 Å². The molecule has 4 aliphatic rings. The summed E-state index contributed by atoms with van der Waals surface area (Å²) in [6.07, 6.45) is 3.67. The zero-order chi connectivity index (χ0) is 47.2. The number of hydrogen-bond donors (Lipinski definition) is 4. The topological polar surface area (TPSA) is 179 Å². The molecule has 6 rings (SSSR count). The maximum Gasteiger partial charge on any atom is 0.416 e. The van der Waals surface area contributed by atoms with Gasteiger partial charge in [0, 0.05) is 42.1 Å². The second-order valence-electron chi connectivity index (χ2n) is 17.7. The maximum absolute atomic E-state index is 13.9. The van der Waals surface area contributed by atoms with Crippen LogP contribution in [0.2, 0.25) is 0 Å². The number of carbonyl (C=O) groups is 6. The van der Waals surface area contributed by atoms with E-state index in [1.165, 1.54) is 36.2 Å². The van der Waals surface area contributed by atoms with Crippen molar-refractivity contribution < 1.29 is 51.4 Å². The molecule has 0 radical (unpaired) electrons. The smallest absolute Gasteiger partial charge is 0.416 e. The Kier molecular flexibility index (Phi) is 15.5. The van der Waals surface area contributed by atoms with Gasteiger partial charge in [0.15, 0.2) is 0 Å². The first kappa shape index (κ1) is 48.4. The van der Waals surface area contributed by atoms with Gasteiger partial charge in [0.2, 0.25) is 23.6 Å². The molecule has 65 heavy (non-hydrogen) atoms. The molecule has 18 heteroatoms. The number of rotatable bonds is 13.